The maximum absolute atomic E-state index is 12.1. The van der Waals surface area contributed by atoms with Gasteiger partial charge in [-0.1, -0.05) is 30.3 Å². The first-order chi connectivity index (χ1) is 10.7. The molecule has 0 aliphatic carbocycles. The Kier molecular flexibility index (Phi) is 6.56. The molecule has 2 amide bonds. The van der Waals surface area contributed by atoms with Crippen LogP contribution in [0.2, 0.25) is 0 Å². The van der Waals surface area contributed by atoms with Gasteiger partial charge in [-0.25, -0.2) is 9.59 Å². The third-order valence-corrected chi connectivity index (χ3v) is 2.60. The first-order valence-corrected chi connectivity index (χ1v) is 7.16. The topological polar surface area (TPSA) is 108 Å². The Balaban J connectivity index is 2.63. The number of nitrogens with two attached hydrogens (primary N) is 1. The fourth-order valence-electron chi connectivity index (χ4n) is 1.67. The van der Waals surface area contributed by atoms with Crippen LogP contribution in [0.5, 0.6) is 0 Å². The summed E-state index contributed by atoms with van der Waals surface area (Å²) in [7, 11) is 0. The number of ether oxygens (including phenoxy) is 2. The highest BCUT2D eigenvalue weighted by atomic mass is 16.6. The summed E-state index contributed by atoms with van der Waals surface area (Å²) in [5.41, 5.74) is 5.16. The van der Waals surface area contributed by atoms with Gasteiger partial charge in [-0.3, -0.25) is 4.79 Å². The molecule has 1 atom stereocenters. The van der Waals surface area contributed by atoms with Crippen molar-refractivity contribution in [2.24, 2.45) is 5.73 Å². The van der Waals surface area contributed by atoms with Crippen molar-refractivity contribution in [3.63, 3.8) is 0 Å². The highest BCUT2D eigenvalue weighted by molar-refractivity contribution is 5.87. The second-order valence-corrected chi connectivity index (χ2v) is 5.96. The molecule has 0 bridgehead atoms. The Hall–Kier alpha value is -2.57. The van der Waals surface area contributed by atoms with Gasteiger partial charge in [0.25, 0.3) is 0 Å². The van der Waals surface area contributed by atoms with Gasteiger partial charge in [0, 0.05) is 0 Å². The molecular formula is C16H22N2O5. The van der Waals surface area contributed by atoms with E-state index in [-0.39, 0.29) is 13.0 Å². The lowest BCUT2D eigenvalue weighted by atomic mass is 10.2. The number of alkyl carbamates (subject to hydrolysis) is 1. The minimum atomic E-state index is -1.19. The maximum atomic E-state index is 12.1. The average Bonchev–Trinajstić information content (AvgIpc) is 2.42. The van der Waals surface area contributed by atoms with E-state index < -0.39 is 29.6 Å². The van der Waals surface area contributed by atoms with Crippen molar-refractivity contribution in [1.29, 1.82) is 0 Å². The summed E-state index contributed by atoms with van der Waals surface area (Å²) >= 11 is 0. The molecule has 7 nitrogen and oxygen atoms in total. The Morgan fingerprint density at radius 3 is 2.30 bits per heavy atom. The van der Waals surface area contributed by atoms with Gasteiger partial charge in [0.2, 0.25) is 5.91 Å². The van der Waals surface area contributed by atoms with E-state index in [1.54, 1.807) is 32.9 Å². The van der Waals surface area contributed by atoms with Crippen LogP contribution >= 0.6 is 0 Å². The molecule has 0 aliphatic rings. The van der Waals surface area contributed by atoms with Gasteiger partial charge < -0.3 is 20.5 Å². The van der Waals surface area contributed by atoms with Crippen LogP contribution in [0, 0.1) is 0 Å². The van der Waals surface area contributed by atoms with Crippen molar-refractivity contribution in [3.8, 4) is 0 Å². The number of carbonyl (C=O) groups excluding carboxylic acids is 3. The molecule has 0 aliphatic heterocycles. The van der Waals surface area contributed by atoms with Crippen molar-refractivity contribution < 1.29 is 23.9 Å². The third kappa shape index (κ3) is 7.85. The Morgan fingerprint density at radius 2 is 1.78 bits per heavy atom. The number of benzene rings is 1. The Labute approximate surface area is 135 Å². The zero-order valence-electron chi connectivity index (χ0n) is 13.5. The SMILES string of the molecule is CC(C)(C)OC(=O)N[C@@H](CC(N)=O)C(=O)OCc1ccccc1. The van der Waals surface area contributed by atoms with Crippen LogP contribution < -0.4 is 11.1 Å². The molecule has 0 heterocycles. The number of hydrogen-bond donors (Lipinski definition) is 2. The van der Waals surface area contributed by atoms with E-state index in [9.17, 15) is 14.4 Å². The number of rotatable bonds is 6. The third-order valence-electron chi connectivity index (χ3n) is 2.60. The highest BCUT2D eigenvalue weighted by Crippen LogP contribution is 2.08. The predicted molar refractivity (Wildman–Crippen MR) is 83.2 cm³/mol. The second-order valence-electron chi connectivity index (χ2n) is 5.96. The smallest absolute Gasteiger partial charge is 0.408 e. The van der Waals surface area contributed by atoms with E-state index in [1.807, 2.05) is 18.2 Å². The largest absolute Gasteiger partial charge is 0.459 e. The summed E-state index contributed by atoms with van der Waals surface area (Å²) in [6.07, 6.45) is -1.19. The number of carbonyl (C=O) groups is 3. The number of amides is 2. The minimum Gasteiger partial charge on any atom is -0.459 e. The summed E-state index contributed by atoms with van der Waals surface area (Å²) in [4.78, 5) is 34.9. The standard InChI is InChI=1S/C16H22N2O5/c1-16(2,3)23-15(21)18-12(9-13(17)19)14(20)22-10-11-7-5-4-6-8-11/h4-8,12H,9-10H2,1-3H3,(H2,17,19)(H,18,21)/t12-/m0/s1. The molecule has 1 aromatic rings. The van der Waals surface area contributed by atoms with Crippen LogP contribution in [0.3, 0.4) is 0 Å². The monoisotopic (exact) mass is 322 g/mol. The van der Waals surface area contributed by atoms with Gasteiger partial charge in [-0.2, -0.15) is 0 Å². The molecule has 0 saturated carbocycles. The van der Waals surface area contributed by atoms with Gasteiger partial charge in [0.15, 0.2) is 0 Å². The van der Waals surface area contributed by atoms with Crippen LogP contribution in [0.15, 0.2) is 30.3 Å². The zero-order valence-corrected chi connectivity index (χ0v) is 13.5. The molecule has 0 unspecified atom stereocenters. The lowest BCUT2D eigenvalue weighted by Gasteiger charge is -2.22. The first-order valence-electron chi connectivity index (χ1n) is 7.16. The van der Waals surface area contributed by atoms with Crippen LogP contribution in [-0.2, 0) is 25.7 Å². The molecule has 1 aromatic carbocycles. The molecule has 126 valence electrons. The zero-order chi connectivity index (χ0) is 17.5. The lowest BCUT2D eigenvalue weighted by molar-refractivity contribution is -0.148. The first kappa shape index (κ1) is 18.5. The molecule has 7 heteroatoms. The van der Waals surface area contributed by atoms with Gasteiger partial charge in [0.1, 0.15) is 18.2 Å². The summed E-state index contributed by atoms with van der Waals surface area (Å²) in [6.45, 7) is 5.08. The van der Waals surface area contributed by atoms with E-state index >= 15 is 0 Å². The van der Waals surface area contributed by atoms with Gasteiger partial charge in [0.05, 0.1) is 6.42 Å². The quantitative estimate of drug-likeness (QED) is 0.772. The number of nitrogens with one attached hydrogen (secondary N) is 1. The van der Waals surface area contributed by atoms with Crippen molar-refractivity contribution in [3.05, 3.63) is 35.9 Å². The van der Waals surface area contributed by atoms with Crippen LogP contribution in [-0.4, -0.2) is 29.6 Å². The number of esters is 1. The van der Waals surface area contributed by atoms with Crippen LogP contribution in [0.25, 0.3) is 0 Å². The van der Waals surface area contributed by atoms with Gasteiger partial charge in [-0.15, -0.1) is 0 Å². The van der Waals surface area contributed by atoms with E-state index in [2.05, 4.69) is 5.32 Å². The predicted octanol–water partition coefficient (Wildman–Crippen LogP) is 1.50. The second kappa shape index (κ2) is 8.17. The molecule has 1 rings (SSSR count). The minimum absolute atomic E-state index is 0.0327. The summed E-state index contributed by atoms with van der Waals surface area (Å²) in [6, 6.07) is 7.85. The van der Waals surface area contributed by atoms with E-state index in [0.29, 0.717) is 0 Å². The van der Waals surface area contributed by atoms with E-state index in [0.717, 1.165) is 5.56 Å². The number of primary amides is 1. The van der Waals surface area contributed by atoms with Crippen LogP contribution in [0.1, 0.15) is 32.8 Å². The van der Waals surface area contributed by atoms with Crippen molar-refractivity contribution in [2.75, 3.05) is 0 Å². The molecule has 3 N–H and O–H groups in total. The molecular weight excluding hydrogens is 300 g/mol. The summed E-state index contributed by atoms with van der Waals surface area (Å²) in [5, 5.41) is 2.30. The van der Waals surface area contributed by atoms with E-state index in [4.69, 9.17) is 15.2 Å². The van der Waals surface area contributed by atoms with Gasteiger partial charge >= 0.3 is 12.1 Å². The molecule has 0 radical (unpaired) electrons. The average molecular weight is 322 g/mol. The number of hydrogen-bond acceptors (Lipinski definition) is 5. The van der Waals surface area contributed by atoms with E-state index in [1.165, 1.54) is 0 Å². The highest BCUT2D eigenvalue weighted by Gasteiger charge is 2.27. The maximum Gasteiger partial charge on any atom is 0.408 e. The molecule has 23 heavy (non-hydrogen) atoms. The fraction of sp³-hybridized carbons (Fsp3) is 0.438. The molecule has 0 spiro atoms. The summed E-state index contributed by atoms with van der Waals surface area (Å²) < 4.78 is 10.2. The normalized spacial score (nSPS) is 12.1. The molecule has 0 aromatic heterocycles. The molecule has 0 fully saturated rings. The Bertz CT molecular complexity index is 551. The summed E-state index contributed by atoms with van der Waals surface area (Å²) in [5.74, 6) is -1.48. The van der Waals surface area contributed by atoms with Crippen molar-refractivity contribution >= 4 is 18.0 Å². The lowest BCUT2D eigenvalue weighted by Crippen LogP contribution is -2.46. The molecule has 0 saturated heterocycles. The van der Waals surface area contributed by atoms with Crippen molar-refractivity contribution in [1.82, 2.24) is 5.32 Å². The Morgan fingerprint density at radius 1 is 1.17 bits per heavy atom. The fourth-order valence-corrected chi connectivity index (χ4v) is 1.67. The van der Waals surface area contributed by atoms with Crippen molar-refractivity contribution in [2.45, 2.75) is 45.4 Å². The van der Waals surface area contributed by atoms with Gasteiger partial charge in [-0.05, 0) is 26.3 Å². The van der Waals surface area contributed by atoms with Crippen LogP contribution in [0.4, 0.5) is 4.79 Å².